The average molecular weight is 330 g/mol. The zero-order valence-electron chi connectivity index (χ0n) is 14.6. The molecule has 0 bridgehead atoms. The number of aryl methyl sites for hydroxylation is 1. The second-order valence-electron chi connectivity index (χ2n) is 6.85. The van der Waals surface area contributed by atoms with Gasteiger partial charge in [-0.2, -0.15) is 10.2 Å². The normalized spacial score (nSPS) is 17.9. The summed E-state index contributed by atoms with van der Waals surface area (Å²) in [5.74, 6) is 0.136. The number of carbonyl (C=O) groups excluding carboxylic acids is 1. The third kappa shape index (κ3) is 3.84. The van der Waals surface area contributed by atoms with Crippen molar-refractivity contribution < 1.29 is 4.79 Å². The standard InChI is InChI=1S/C17H26N6O/c1-13(2)17(24)18-6-4-15-11-22(10-14-8-20-21(3)9-14)12-16-5-7-19-23(15)16/h5,7-9,13,15H,4,6,10-12H2,1-3H3,(H,18,24)/t15-/m1/s1. The van der Waals surface area contributed by atoms with Gasteiger partial charge in [-0.05, 0) is 12.5 Å². The Hall–Kier alpha value is -2.15. The molecule has 2 aromatic heterocycles. The van der Waals surface area contributed by atoms with Crippen LogP contribution >= 0.6 is 0 Å². The lowest BCUT2D eigenvalue weighted by atomic mass is 10.1. The molecular weight excluding hydrogens is 304 g/mol. The maximum Gasteiger partial charge on any atom is 0.222 e. The lowest BCUT2D eigenvalue weighted by molar-refractivity contribution is -0.124. The molecule has 0 unspecified atom stereocenters. The Morgan fingerprint density at radius 3 is 2.96 bits per heavy atom. The van der Waals surface area contributed by atoms with Crippen LogP contribution in [0, 0.1) is 5.92 Å². The van der Waals surface area contributed by atoms with Crippen molar-refractivity contribution in [3.8, 4) is 0 Å². The van der Waals surface area contributed by atoms with Crippen LogP contribution in [0.3, 0.4) is 0 Å². The van der Waals surface area contributed by atoms with Crippen molar-refractivity contribution in [2.24, 2.45) is 13.0 Å². The van der Waals surface area contributed by atoms with E-state index in [0.717, 1.165) is 26.1 Å². The molecule has 24 heavy (non-hydrogen) atoms. The van der Waals surface area contributed by atoms with Crippen molar-refractivity contribution in [1.29, 1.82) is 0 Å². The van der Waals surface area contributed by atoms with Crippen molar-refractivity contribution >= 4 is 5.91 Å². The van der Waals surface area contributed by atoms with Crippen LogP contribution in [0.4, 0.5) is 0 Å². The molecular formula is C17H26N6O. The second-order valence-corrected chi connectivity index (χ2v) is 6.85. The summed E-state index contributed by atoms with van der Waals surface area (Å²) in [6.45, 7) is 7.22. The van der Waals surface area contributed by atoms with Crippen molar-refractivity contribution in [3.63, 3.8) is 0 Å². The van der Waals surface area contributed by atoms with Crippen LogP contribution in [0.15, 0.2) is 24.7 Å². The van der Waals surface area contributed by atoms with E-state index >= 15 is 0 Å². The molecule has 0 fully saturated rings. The highest BCUT2D eigenvalue weighted by Crippen LogP contribution is 2.24. The minimum Gasteiger partial charge on any atom is -0.356 e. The molecule has 1 aliphatic heterocycles. The largest absolute Gasteiger partial charge is 0.356 e. The lowest BCUT2D eigenvalue weighted by Gasteiger charge is -2.33. The quantitative estimate of drug-likeness (QED) is 0.868. The van der Waals surface area contributed by atoms with Gasteiger partial charge in [0.15, 0.2) is 0 Å². The minimum atomic E-state index is 0.0266. The molecule has 130 valence electrons. The van der Waals surface area contributed by atoms with Crippen LogP contribution in [0.5, 0.6) is 0 Å². The molecule has 0 aromatic carbocycles. The van der Waals surface area contributed by atoms with E-state index < -0.39 is 0 Å². The number of nitrogens with zero attached hydrogens (tertiary/aromatic N) is 5. The fourth-order valence-corrected chi connectivity index (χ4v) is 3.18. The van der Waals surface area contributed by atoms with Crippen LogP contribution in [0.25, 0.3) is 0 Å². The average Bonchev–Trinajstić information content (AvgIpc) is 3.16. The molecule has 1 amide bonds. The van der Waals surface area contributed by atoms with E-state index in [2.05, 4.69) is 37.4 Å². The van der Waals surface area contributed by atoms with Gasteiger partial charge >= 0.3 is 0 Å². The second kappa shape index (κ2) is 7.17. The molecule has 0 spiro atoms. The minimum absolute atomic E-state index is 0.0266. The molecule has 0 aliphatic carbocycles. The van der Waals surface area contributed by atoms with E-state index in [0.29, 0.717) is 6.54 Å². The number of nitrogens with one attached hydrogen (secondary N) is 1. The zero-order chi connectivity index (χ0) is 17.1. The highest BCUT2D eigenvalue weighted by molar-refractivity contribution is 5.77. The molecule has 7 nitrogen and oxygen atoms in total. The maximum absolute atomic E-state index is 11.7. The zero-order valence-corrected chi connectivity index (χ0v) is 14.6. The van der Waals surface area contributed by atoms with Crippen molar-refractivity contribution in [3.05, 3.63) is 35.9 Å². The number of hydrogen-bond donors (Lipinski definition) is 1. The van der Waals surface area contributed by atoms with Crippen molar-refractivity contribution in [1.82, 2.24) is 29.8 Å². The highest BCUT2D eigenvalue weighted by atomic mass is 16.1. The Bertz CT molecular complexity index is 689. The van der Waals surface area contributed by atoms with E-state index in [4.69, 9.17) is 0 Å². The number of aromatic nitrogens is 4. The molecule has 3 heterocycles. The summed E-state index contributed by atoms with van der Waals surface area (Å²) in [6.07, 6.45) is 6.73. The fraction of sp³-hybridized carbons (Fsp3) is 0.588. The van der Waals surface area contributed by atoms with Crippen LogP contribution in [0.2, 0.25) is 0 Å². The Morgan fingerprint density at radius 1 is 1.42 bits per heavy atom. The predicted octanol–water partition coefficient (Wildman–Crippen LogP) is 1.34. The van der Waals surface area contributed by atoms with Gasteiger partial charge in [0.05, 0.1) is 17.9 Å². The third-order valence-corrected chi connectivity index (χ3v) is 4.42. The van der Waals surface area contributed by atoms with Gasteiger partial charge in [0.2, 0.25) is 5.91 Å². The van der Waals surface area contributed by atoms with Crippen LogP contribution in [0.1, 0.15) is 37.6 Å². The van der Waals surface area contributed by atoms with Crippen LogP contribution in [-0.4, -0.2) is 43.5 Å². The van der Waals surface area contributed by atoms with Gasteiger partial charge in [-0.25, -0.2) is 0 Å². The number of carbonyl (C=O) groups is 1. The van der Waals surface area contributed by atoms with Crippen molar-refractivity contribution in [2.75, 3.05) is 13.1 Å². The Kier molecular flexibility index (Phi) is 4.99. The molecule has 1 atom stereocenters. The van der Waals surface area contributed by atoms with Gasteiger partial charge in [0, 0.05) is 57.1 Å². The molecule has 1 aliphatic rings. The number of amides is 1. The number of rotatable bonds is 6. The molecule has 0 saturated heterocycles. The molecule has 7 heteroatoms. The third-order valence-electron chi connectivity index (χ3n) is 4.42. The SMILES string of the molecule is CC(C)C(=O)NCC[C@@H]1CN(Cc2cnn(C)c2)Cc2ccnn21. The Labute approximate surface area is 142 Å². The first-order valence-corrected chi connectivity index (χ1v) is 8.53. The summed E-state index contributed by atoms with van der Waals surface area (Å²) in [7, 11) is 1.94. The van der Waals surface area contributed by atoms with Gasteiger partial charge < -0.3 is 5.32 Å². The van der Waals surface area contributed by atoms with Crippen LogP contribution in [-0.2, 0) is 24.9 Å². The summed E-state index contributed by atoms with van der Waals surface area (Å²) < 4.78 is 3.95. The van der Waals surface area contributed by atoms with E-state index in [1.165, 1.54) is 11.3 Å². The van der Waals surface area contributed by atoms with E-state index in [1.54, 1.807) is 0 Å². The molecule has 0 saturated carbocycles. The van der Waals surface area contributed by atoms with Gasteiger partial charge in [0.1, 0.15) is 0 Å². The first-order chi connectivity index (χ1) is 11.5. The summed E-state index contributed by atoms with van der Waals surface area (Å²) in [5, 5.41) is 11.7. The monoisotopic (exact) mass is 330 g/mol. The smallest absolute Gasteiger partial charge is 0.222 e. The Morgan fingerprint density at radius 2 is 2.25 bits per heavy atom. The van der Waals surface area contributed by atoms with Gasteiger partial charge in [-0.15, -0.1) is 0 Å². The van der Waals surface area contributed by atoms with Gasteiger partial charge in [-0.1, -0.05) is 13.8 Å². The first kappa shape index (κ1) is 16.7. The van der Waals surface area contributed by atoms with Gasteiger partial charge in [-0.3, -0.25) is 19.1 Å². The lowest BCUT2D eigenvalue weighted by Crippen LogP contribution is -2.39. The first-order valence-electron chi connectivity index (χ1n) is 8.53. The summed E-state index contributed by atoms with van der Waals surface area (Å²) in [6, 6.07) is 2.36. The molecule has 0 radical (unpaired) electrons. The highest BCUT2D eigenvalue weighted by Gasteiger charge is 2.25. The van der Waals surface area contributed by atoms with Crippen LogP contribution < -0.4 is 5.32 Å². The number of hydrogen-bond acceptors (Lipinski definition) is 4. The van der Waals surface area contributed by atoms with E-state index in [-0.39, 0.29) is 17.9 Å². The van der Waals surface area contributed by atoms with Crippen molar-refractivity contribution in [2.45, 2.75) is 39.4 Å². The molecule has 2 aromatic rings. The summed E-state index contributed by atoms with van der Waals surface area (Å²) in [4.78, 5) is 14.2. The van der Waals surface area contributed by atoms with E-state index in [9.17, 15) is 4.79 Å². The molecule has 1 N–H and O–H groups in total. The Balaban J connectivity index is 1.62. The van der Waals surface area contributed by atoms with Gasteiger partial charge in [0.25, 0.3) is 0 Å². The fourth-order valence-electron chi connectivity index (χ4n) is 3.18. The topological polar surface area (TPSA) is 68.0 Å². The number of fused-ring (bicyclic) bond motifs is 1. The summed E-state index contributed by atoms with van der Waals surface area (Å²) in [5.41, 5.74) is 2.45. The molecule has 3 rings (SSSR count). The predicted molar refractivity (Wildman–Crippen MR) is 91.1 cm³/mol. The summed E-state index contributed by atoms with van der Waals surface area (Å²) >= 11 is 0. The van der Waals surface area contributed by atoms with E-state index in [1.807, 2.05) is 38.0 Å². The maximum atomic E-state index is 11.7.